The van der Waals surface area contributed by atoms with Gasteiger partial charge in [0, 0.05) is 26.2 Å². The summed E-state index contributed by atoms with van der Waals surface area (Å²) in [7, 11) is 0. The van der Waals surface area contributed by atoms with Crippen LogP contribution in [0.2, 0.25) is 0 Å². The molecule has 1 saturated heterocycles. The molecule has 0 amide bonds. The molecule has 2 rings (SSSR count). The number of hydrogen-bond donors (Lipinski definition) is 1. The summed E-state index contributed by atoms with van der Waals surface area (Å²) in [4.78, 5) is 2.28. The number of nitriles is 1. The molecule has 1 fully saturated rings. The molecule has 3 nitrogen and oxygen atoms in total. The lowest BCUT2D eigenvalue weighted by Gasteiger charge is -2.33. The van der Waals surface area contributed by atoms with Crippen LogP contribution in [0, 0.1) is 17.1 Å². The van der Waals surface area contributed by atoms with E-state index in [0.29, 0.717) is 0 Å². The molecule has 0 unspecified atom stereocenters. The zero-order chi connectivity index (χ0) is 13.0. The van der Waals surface area contributed by atoms with Gasteiger partial charge in [0.15, 0.2) is 0 Å². The maximum atomic E-state index is 13.3. The lowest BCUT2D eigenvalue weighted by molar-refractivity contribution is 0.203. The summed E-state index contributed by atoms with van der Waals surface area (Å²) in [5, 5.41) is 12.2. The van der Waals surface area contributed by atoms with Gasteiger partial charge in [-0.25, -0.2) is 4.39 Å². The summed E-state index contributed by atoms with van der Waals surface area (Å²) in [5.74, 6) is -0.468. The Morgan fingerprint density at radius 1 is 1.44 bits per heavy atom. The topological polar surface area (TPSA) is 39.1 Å². The summed E-state index contributed by atoms with van der Waals surface area (Å²) in [6.07, 6.45) is 1.85. The van der Waals surface area contributed by atoms with Crippen molar-refractivity contribution in [1.82, 2.24) is 10.2 Å². The number of rotatable bonds is 3. The summed E-state index contributed by atoms with van der Waals surface area (Å²) in [6, 6.07) is 6.61. The number of hydrogen-bond acceptors (Lipinski definition) is 3. The monoisotopic (exact) mass is 245 g/mol. The van der Waals surface area contributed by atoms with Gasteiger partial charge in [0.05, 0.1) is 11.6 Å². The minimum absolute atomic E-state index is 0.0415. The molecule has 4 heteroatoms. The van der Waals surface area contributed by atoms with Gasteiger partial charge in [-0.1, -0.05) is 12.1 Å². The first-order valence-electron chi connectivity index (χ1n) is 6.03. The Labute approximate surface area is 107 Å². The Morgan fingerprint density at radius 2 is 2.17 bits per heavy atom. The Morgan fingerprint density at radius 3 is 2.78 bits per heavy atom. The third kappa shape index (κ3) is 2.58. The van der Waals surface area contributed by atoms with Crippen molar-refractivity contribution in [2.75, 3.05) is 26.2 Å². The van der Waals surface area contributed by atoms with Crippen molar-refractivity contribution in [3.8, 4) is 6.07 Å². The van der Waals surface area contributed by atoms with Gasteiger partial charge in [-0.15, -0.1) is 6.58 Å². The van der Waals surface area contributed by atoms with Crippen molar-refractivity contribution < 1.29 is 4.39 Å². The summed E-state index contributed by atoms with van der Waals surface area (Å²) in [5.41, 5.74) is 1.01. The first-order valence-corrected chi connectivity index (χ1v) is 6.03. The predicted molar refractivity (Wildman–Crippen MR) is 68.5 cm³/mol. The third-order valence-electron chi connectivity index (χ3n) is 3.22. The number of piperazine rings is 1. The van der Waals surface area contributed by atoms with Gasteiger partial charge >= 0.3 is 0 Å². The van der Waals surface area contributed by atoms with Crippen LogP contribution in [0.5, 0.6) is 0 Å². The van der Waals surface area contributed by atoms with Crippen molar-refractivity contribution in [2.45, 2.75) is 6.04 Å². The maximum Gasteiger partial charge on any atom is 0.140 e. The highest BCUT2D eigenvalue weighted by atomic mass is 19.1. The molecule has 18 heavy (non-hydrogen) atoms. The van der Waals surface area contributed by atoms with Crippen molar-refractivity contribution in [2.24, 2.45) is 0 Å². The van der Waals surface area contributed by atoms with Crippen LogP contribution >= 0.6 is 0 Å². The average molecular weight is 245 g/mol. The van der Waals surface area contributed by atoms with Gasteiger partial charge < -0.3 is 5.32 Å². The maximum absolute atomic E-state index is 13.3. The lowest BCUT2D eigenvalue weighted by atomic mass is 10.0. The van der Waals surface area contributed by atoms with Gasteiger partial charge in [0.1, 0.15) is 11.9 Å². The van der Waals surface area contributed by atoms with Crippen LogP contribution in [0.3, 0.4) is 0 Å². The fraction of sp³-hybridized carbons (Fsp3) is 0.357. The minimum atomic E-state index is -0.468. The molecular weight excluding hydrogens is 229 g/mol. The highest BCUT2D eigenvalue weighted by Crippen LogP contribution is 2.24. The normalized spacial score (nSPS) is 18.0. The largest absolute Gasteiger partial charge is 0.314 e. The first-order chi connectivity index (χ1) is 8.76. The minimum Gasteiger partial charge on any atom is -0.314 e. The van der Waals surface area contributed by atoms with Crippen molar-refractivity contribution >= 4 is 0 Å². The molecule has 0 aliphatic carbocycles. The van der Waals surface area contributed by atoms with Gasteiger partial charge in [-0.3, -0.25) is 4.90 Å². The molecule has 1 aliphatic heterocycles. The fourth-order valence-electron chi connectivity index (χ4n) is 2.27. The smallest absolute Gasteiger partial charge is 0.140 e. The van der Waals surface area contributed by atoms with E-state index < -0.39 is 5.82 Å². The van der Waals surface area contributed by atoms with Gasteiger partial charge in [-0.05, 0) is 17.7 Å². The fourth-order valence-corrected chi connectivity index (χ4v) is 2.27. The van der Waals surface area contributed by atoms with E-state index in [1.807, 2.05) is 12.1 Å². The molecule has 1 N–H and O–H groups in total. The molecule has 0 aromatic heterocycles. The molecule has 0 spiro atoms. The van der Waals surface area contributed by atoms with Crippen LogP contribution in [0.25, 0.3) is 0 Å². The Bertz CT molecular complexity index is 472. The second kappa shape index (κ2) is 5.76. The highest BCUT2D eigenvalue weighted by Gasteiger charge is 2.20. The molecule has 1 atom stereocenters. The van der Waals surface area contributed by atoms with Crippen LogP contribution in [-0.4, -0.2) is 31.1 Å². The van der Waals surface area contributed by atoms with E-state index in [0.717, 1.165) is 31.7 Å². The number of halogens is 1. The first kappa shape index (κ1) is 12.7. The quantitative estimate of drug-likeness (QED) is 0.826. The van der Waals surface area contributed by atoms with E-state index in [9.17, 15) is 4.39 Å². The SMILES string of the molecule is C=C[C@@H](c1ccc(F)c(C#N)c1)N1CCNCC1. The van der Waals surface area contributed by atoms with E-state index in [1.54, 1.807) is 12.1 Å². The standard InChI is InChI=1S/C14H16FN3/c1-2-14(18-7-5-17-6-8-18)11-3-4-13(15)12(9-11)10-16/h2-4,9,14,17H,1,5-8H2/t14-/m0/s1. The third-order valence-corrected chi connectivity index (χ3v) is 3.22. The van der Waals surface area contributed by atoms with E-state index in [1.165, 1.54) is 6.07 Å². The molecule has 1 heterocycles. The van der Waals surface area contributed by atoms with Crippen LogP contribution in [-0.2, 0) is 0 Å². The molecule has 1 aliphatic rings. The van der Waals surface area contributed by atoms with Gasteiger partial charge in [0.2, 0.25) is 0 Å². The van der Waals surface area contributed by atoms with Crippen molar-refractivity contribution in [3.63, 3.8) is 0 Å². The van der Waals surface area contributed by atoms with Crippen molar-refractivity contribution in [1.29, 1.82) is 5.26 Å². The summed E-state index contributed by atoms with van der Waals surface area (Å²) >= 11 is 0. The predicted octanol–water partition coefficient (Wildman–Crippen LogP) is 1.83. The Hall–Kier alpha value is -1.70. The molecular formula is C14H16FN3. The molecule has 1 aromatic carbocycles. The van der Waals surface area contributed by atoms with E-state index in [4.69, 9.17) is 5.26 Å². The number of nitrogens with one attached hydrogen (secondary N) is 1. The second-order valence-corrected chi connectivity index (χ2v) is 4.32. The van der Waals surface area contributed by atoms with Crippen LogP contribution in [0.1, 0.15) is 17.2 Å². The second-order valence-electron chi connectivity index (χ2n) is 4.32. The molecule has 0 saturated carbocycles. The van der Waals surface area contributed by atoms with Gasteiger partial charge in [0.25, 0.3) is 0 Å². The highest BCUT2D eigenvalue weighted by molar-refractivity contribution is 5.36. The van der Waals surface area contributed by atoms with Crippen LogP contribution in [0.15, 0.2) is 30.9 Å². The molecule has 0 bridgehead atoms. The molecule has 94 valence electrons. The molecule has 0 radical (unpaired) electrons. The number of benzene rings is 1. The van der Waals surface area contributed by atoms with Crippen LogP contribution in [0.4, 0.5) is 4.39 Å². The van der Waals surface area contributed by atoms with E-state index in [2.05, 4.69) is 16.8 Å². The van der Waals surface area contributed by atoms with Crippen molar-refractivity contribution in [3.05, 3.63) is 47.8 Å². The zero-order valence-electron chi connectivity index (χ0n) is 10.2. The zero-order valence-corrected chi connectivity index (χ0v) is 10.2. The lowest BCUT2D eigenvalue weighted by Crippen LogP contribution is -2.44. The van der Waals surface area contributed by atoms with E-state index in [-0.39, 0.29) is 11.6 Å². The summed E-state index contributed by atoms with van der Waals surface area (Å²) in [6.45, 7) is 7.59. The van der Waals surface area contributed by atoms with E-state index >= 15 is 0 Å². The Balaban J connectivity index is 2.27. The summed E-state index contributed by atoms with van der Waals surface area (Å²) < 4.78 is 13.3. The van der Waals surface area contributed by atoms with Crippen LogP contribution < -0.4 is 5.32 Å². The Kier molecular flexibility index (Phi) is 4.08. The van der Waals surface area contributed by atoms with Gasteiger partial charge in [-0.2, -0.15) is 5.26 Å². The average Bonchev–Trinajstić information content (AvgIpc) is 2.42. The number of nitrogens with zero attached hydrogens (tertiary/aromatic N) is 2. The molecule has 1 aromatic rings.